The van der Waals surface area contributed by atoms with Crippen molar-refractivity contribution in [2.24, 2.45) is 11.8 Å². The molecular formula is C28H36F3N3O2. The number of hydrogen-bond donors (Lipinski definition) is 2. The molecule has 2 aromatic rings. The number of rotatable bonds is 7. The van der Waals surface area contributed by atoms with Crippen molar-refractivity contribution in [3.8, 4) is 5.75 Å². The minimum atomic E-state index is -4.31. The van der Waals surface area contributed by atoms with Crippen molar-refractivity contribution in [2.45, 2.75) is 64.1 Å². The number of piperidine rings is 1. The third-order valence-electron chi connectivity index (χ3n) is 7.36. The third-order valence-corrected chi connectivity index (χ3v) is 7.36. The summed E-state index contributed by atoms with van der Waals surface area (Å²) in [7, 11) is 0. The zero-order valence-electron chi connectivity index (χ0n) is 20.8. The lowest BCUT2D eigenvalue weighted by Gasteiger charge is -2.39. The van der Waals surface area contributed by atoms with Crippen molar-refractivity contribution in [1.82, 2.24) is 5.32 Å². The number of nitrogens with zero attached hydrogens (tertiary/aromatic N) is 1. The van der Waals surface area contributed by atoms with Gasteiger partial charge < -0.3 is 20.3 Å². The highest BCUT2D eigenvalue weighted by Gasteiger charge is 2.32. The largest absolute Gasteiger partial charge is 0.494 e. The Bertz CT molecular complexity index is 979. The van der Waals surface area contributed by atoms with E-state index >= 15 is 0 Å². The molecule has 2 fully saturated rings. The Morgan fingerprint density at radius 2 is 1.72 bits per heavy atom. The minimum Gasteiger partial charge on any atom is -0.494 e. The highest BCUT2D eigenvalue weighted by atomic mass is 19.4. The molecule has 0 spiro atoms. The number of benzene rings is 2. The van der Waals surface area contributed by atoms with Crippen LogP contribution in [0.4, 0.5) is 29.3 Å². The molecule has 0 bridgehead atoms. The van der Waals surface area contributed by atoms with E-state index in [4.69, 9.17) is 4.74 Å². The summed E-state index contributed by atoms with van der Waals surface area (Å²) in [6.45, 7) is 4.23. The van der Waals surface area contributed by atoms with Gasteiger partial charge in [-0.1, -0.05) is 12.8 Å². The molecule has 2 amide bonds. The van der Waals surface area contributed by atoms with Crippen molar-refractivity contribution in [3.63, 3.8) is 0 Å². The van der Waals surface area contributed by atoms with Crippen LogP contribution in [0.25, 0.3) is 0 Å². The van der Waals surface area contributed by atoms with Crippen molar-refractivity contribution in [2.75, 3.05) is 29.9 Å². The van der Waals surface area contributed by atoms with E-state index < -0.39 is 11.7 Å². The van der Waals surface area contributed by atoms with E-state index in [2.05, 4.69) is 15.5 Å². The first kappa shape index (κ1) is 26.2. The van der Waals surface area contributed by atoms with E-state index in [1.54, 1.807) is 12.1 Å². The summed E-state index contributed by atoms with van der Waals surface area (Å²) < 4.78 is 44.2. The maximum atomic E-state index is 12.9. The van der Waals surface area contributed by atoms with Gasteiger partial charge in [0.2, 0.25) is 0 Å². The van der Waals surface area contributed by atoms with Crippen LogP contribution in [0, 0.1) is 11.8 Å². The summed E-state index contributed by atoms with van der Waals surface area (Å²) in [5.74, 6) is 1.64. The van der Waals surface area contributed by atoms with Crippen LogP contribution in [0.2, 0.25) is 0 Å². The number of carbonyl (C=O) groups is 1. The van der Waals surface area contributed by atoms with Crippen LogP contribution in [0.5, 0.6) is 5.75 Å². The molecular weight excluding hydrogens is 467 g/mol. The lowest BCUT2D eigenvalue weighted by Crippen LogP contribution is -2.45. The molecule has 3 atom stereocenters. The average molecular weight is 504 g/mol. The first-order valence-electron chi connectivity index (χ1n) is 13.0. The molecule has 1 saturated heterocycles. The van der Waals surface area contributed by atoms with E-state index in [9.17, 15) is 18.0 Å². The Morgan fingerprint density at radius 1 is 1.00 bits per heavy atom. The Hall–Kier alpha value is -2.90. The van der Waals surface area contributed by atoms with Crippen LogP contribution in [0.15, 0.2) is 48.5 Å². The maximum Gasteiger partial charge on any atom is 0.416 e. The molecule has 1 heterocycles. The summed E-state index contributed by atoms with van der Waals surface area (Å²) >= 11 is 0. The number of urea groups is 1. The Balaban J connectivity index is 1.31. The van der Waals surface area contributed by atoms with Crippen LogP contribution in [-0.2, 0) is 6.18 Å². The summed E-state index contributed by atoms with van der Waals surface area (Å²) in [5, 5.41) is 6.14. The van der Waals surface area contributed by atoms with Gasteiger partial charge in [0.1, 0.15) is 5.75 Å². The summed E-state index contributed by atoms with van der Waals surface area (Å²) in [6.07, 6.45) is 3.16. The molecule has 8 heteroatoms. The molecule has 0 radical (unpaired) electrons. The van der Waals surface area contributed by atoms with Gasteiger partial charge in [0.25, 0.3) is 0 Å². The van der Waals surface area contributed by atoms with Crippen LogP contribution < -0.4 is 20.3 Å². The Morgan fingerprint density at radius 3 is 2.42 bits per heavy atom. The fourth-order valence-electron chi connectivity index (χ4n) is 5.60. The summed E-state index contributed by atoms with van der Waals surface area (Å²) in [4.78, 5) is 14.9. The minimum absolute atomic E-state index is 0.128. The lowest BCUT2D eigenvalue weighted by molar-refractivity contribution is -0.137. The van der Waals surface area contributed by atoms with Crippen LogP contribution >= 0.6 is 0 Å². The number of anilines is 2. The first-order chi connectivity index (χ1) is 17.3. The Kier molecular flexibility index (Phi) is 8.64. The predicted molar refractivity (Wildman–Crippen MR) is 137 cm³/mol. The highest BCUT2D eigenvalue weighted by Crippen LogP contribution is 2.35. The smallest absolute Gasteiger partial charge is 0.416 e. The van der Waals surface area contributed by atoms with Gasteiger partial charge in [0.15, 0.2) is 0 Å². The van der Waals surface area contributed by atoms with Crippen LogP contribution in [0.3, 0.4) is 0 Å². The quantitative estimate of drug-likeness (QED) is 0.424. The van der Waals surface area contributed by atoms with Gasteiger partial charge in [-0.25, -0.2) is 4.79 Å². The molecule has 2 aliphatic rings. The van der Waals surface area contributed by atoms with Crippen LogP contribution in [0.1, 0.15) is 57.4 Å². The van der Waals surface area contributed by atoms with Crippen molar-refractivity contribution < 1.29 is 22.7 Å². The number of alkyl halides is 3. The normalized spacial score (nSPS) is 22.7. The number of carbonyl (C=O) groups excluding carboxylic acids is 1. The fraction of sp³-hybridized carbons (Fsp3) is 0.536. The monoisotopic (exact) mass is 503 g/mol. The standard InChI is InChI=1S/C28H36F3N3O2/c1-2-36-25-15-11-23(12-16-25)32-27(35)33-26-8-4-3-7-21(26)18-20-6-5-17-34(19-20)24-13-9-22(10-14-24)28(29,30)31/h9-16,20-21,26H,2-8,17-19H2,1H3,(H2,32,33,35)/t20-,21+,26-/m1/s1. The molecule has 1 aliphatic carbocycles. The van der Waals surface area contributed by atoms with E-state index in [0.29, 0.717) is 18.4 Å². The summed E-state index contributed by atoms with van der Waals surface area (Å²) in [6, 6.07) is 12.8. The van der Waals surface area contributed by atoms with Crippen LogP contribution in [-0.4, -0.2) is 31.8 Å². The van der Waals surface area contributed by atoms with E-state index in [0.717, 1.165) is 68.7 Å². The van der Waals surface area contributed by atoms with Gasteiger partial charge in [0, 0.05) is 30.5 Å². The molecule has 2 aromatic carbocycles. The molecule has 0 unspecified atom stereocenters. The third kappa shape index (κ3) is 7.08. The maximum absolute atomic E-state index is 12.9. The number of nitrogens with one attached hydrogen (secondary N) is 2. The summed E-state index contributed by atoms with van der Waals surface area (Å²) in [5.41, 5.74) is 0.961. The zero-order valence-corrected chi connectivity index (χ0v) is 20.8. The van der Waals surface area contributed by atoms with Crippen molar-refractivity contribution in [3.05, 3.63) is 54.1 Å². The second-order valence-corrected chi connectivity index (χ2v) is 9.94. The SMILES string of the molecule is CCOc1ccc(NC(=O)N[C@@H]2CCCC[C@H]2C[C@H]2CCCN(c3ccc(C(F)(F)F)cc3)C2)cc1. The van der Waals surface area contributed by atoms with E-state index in [1.165, 1.54) is 18.6 Å². The predicted octanol–water partition coefficient (Wildman–Crippen LogP) is 7.09. The lowest BCUT2D eigenvalue weighted by atomic mass is 9.77. The highest BCUT2D eigenvalue weighted by molar-refractivity contribution is 5.89. The van der Waals surface area contributed by atoms with E-state index in [-0.39, 0.29) is 12.1 Å². The molecule has 4 rings (SSSR count). The van der Waals surface area contributed by atoms with Gasteiger partial charge in [-0.3, -0.25) is 0 Å². The van der Waals surface area contributed by atoms with E-state index in [1.807, 2.05) is 31.2 Å². The Labute approximate surface area is 211 Å². The molecule has 1 saturated carbocycles. The van der Waals surface area contributed by atoms with Gasteiger partial charge in [-0.05, 0) is 99.4 Å². The second-order valence-electron chi connectivity index (χ2n) is 9.94. The number of ether oxygens (including phenoxy) is 1. The number of amides is 2. The molecule has 0 aromatic heterocycles. The second kappa shape index (κ2) is 11.9. The van der Waals surface area contributed by atoms with Gasteiger partial charge in [0.05, 0.1) is 12.2 Å². The molecule has 5 nitrogen and oxygen atoms in total. The molecule has 196 valence electrons. The number of halogens is 3. The fourth-order valence-corrected chi connectivity index (χ4v) is 5.60. The van der Waals surface area contributed by atoms with Gasteiger partial charge in [-0.2, -0.15) is 13.2 Å². The number of hydrogen-bond acceptors (Lipinski definition) is 3. The van der Waals surface area contributed by atoms with Crippen molar-refractivity contribution in [1.29, 1.82) is 0 Å². The molecule has 1 aliphatic heterocycles. The topological polar surface area (TPSA) is 53.6 Å². The van der Waals surface area contributed by atoms with Crippen molar-refractivity contribution >= 4 is 17.4 Å². The molecule has 2 N–H and O–H groups in total. The zero-order chi connectivity index (χ0) is 25.5. The molecule has 36 heavy (non-hydrogen) atoms. The average Bonchev–Trinajstić information content (AvgIpc) is 2.86. The first-order valence-corrected chi connectivity index (χ1v) is 13.0. The van der Waals surface area contributed by atoms with Gasteiger partial charge in [-0.15, -0.1) is 0 Å². The van der Waals surface area contributed by atoms with Gasteiger partial charge >= 0.3 is 12.2 Å².